The van der Waals surface area contributed by atoms with Gasteiger partial charge in [0.2, 0.25) is 10.0 Å². The molecular weight excluding hydrogens is 436 g/mol. The van der Waals surface area contributed by atoms with E-state index in [0.29, 0.717) is 13.1 Å². The van der Waals surface area contributed by atoms with Gasteiger partial charge in [0.15, 0.2) is 0 Å². The smallest absolute Gasteiger partial charge is 0.332 e. The number of rotatable bonds is 4. The Morgan fingerprint density at radius 3 is 2.41 bits per heavy atom. The molecule has 12 heteroatoms. The first-order chi connectivity index (χ1) is 15.1. The second-order valence-electron chi connectivity index (χ2n) is 7.89. The minimum atomic E-state index is -3.67. The van der Waals surface area contributed by atoms with Crippen molar-refractivity contribution in [3.63, 3.8) is 0 Å². The molecule has 0 aromatic carbocycles. The van der Waals surface area contributed by atoms with Crippen LogP contribution in [0.4, 0.5) is 5.69 Å². The molecule has 3 aromatic heterocycles. The largest absolute Gasteiger partial charge is 0.345 e. The number of hydrogen-bond acceptors (Lipinski definition) is 6. The number of carbonyl (C=O) groups excluding carboxylic acids is 1. The van der Waals surface area contributed by atoms with Crippen molar-refractivity contribution in [1.29, 1.82) is 0 Å². The molecule has 0 unspecified atom stereocenters. The summed E-state index contributed by atoms with van der Waals surface area (Å²) in [6.07, 6.45) is 5.40. The Morgan fingerprint density at radius 2 is 1.72 bits per heavy atom. The predicted octanol–water partition coefficient (Wildman–Crippen LogP) is 0.398. The van der Waals surface area contributed by atoms with Gasteiger partial charge in [0.05, 0.1) is 17.3 Å². The third-order valence-corrected chi connectivity index (χ3v) is 7.58. The number of nitrogens with one attached hydrogen (secondary N) is 1. The first-order valence-electron chi connectivity index (χ1n) is 10.1. The summed E-state index contributed by atoms with van der Waals surface area (Å²) in [6.45, 7) is 0.942. The van der Waals surface area contributed by atoms with E-state index < -0.39 is 27.2 Å². The highest BCUT2D eigenvalue weighted by atomic mass is 32.2. The van der Waals surface area contributed by atoms with Crippen LogP contribution in [0.1, 0.15) is 29.8 Å². The Balaban J connectivity index is 1.64. The van der Waals surface area contributed by atoms with E-state index >= 15 is 0 Å². The number of carbonyl (C=O) groups is 1. The minimum absolute atomic E-state index is 0.0626. The number of anilines is 1. The van der Waals surface area contributed by atoms with E-state index in [1.165, 1.54) is 52.1 Å². The summed E-state index contributed by atoms with van der Waals surface area (Å²) >= 11 is 0. The van der Waals surface area contributed by atoms with Crippen molar-refractivity contribution in [3.8, 4) is 0 Å². The zero-order valence-electron chi connectivity index (χ0n) is 18.0. The number of aryl methyl sites for hydroxylation is 2. The van der Waals surface area contributed by atoms with Crippen molar-refractivity contribution in [2.45, 2.75) is 24.2 Å². The van der Waals surface area contributed by atoms with Crippen LogP contribution in [-0.2, 0) is 31.2 Å². The predicted molar refractivity (Wildman–Crippen MR) is 118 cm³/mol. The van der Waals surface area contributed by atoms with Crippen molar-refractivity contribution in [2.75, 3.05) is 18.4 Å². The van der Waals surface area contributed by atoms with Gasteiger partial charge < -0.3 is 9.88 Å². The van der Waals surface area contributed by atoms with Crippen LogP contribution >= 0.6 is 0 Å². The monoisotopic (exact) mass is 460 g/mol. The van der Waals surface area contributed by atoms with Gasteiger partial charge in [-0.1, -0.05) is 6.42 Å². The summed E-state index contributed by atoms with van der Waals surface area (Å²) in [6, 6.07) is 2.78. The molecule has 0 aliphatic carbocycles. The van der Waals surface area contributed by atoms with E-state index in [-0.39, 0.29) is 27.3 Å². The molecule has 1 fully saturated rings. The van der Waals surface area contributed by atoms with Gasteiger partial charge in [0.25, 0.3) is 11.5 Å². The first kappa shape index (κ1) is 22.0. The molecule has 3 aromatic rings. The molecule has 0 spiro atoms. The zero-order valence-corrected chi connectivity index (χ0v) is 18.8. The van der Waals surface area contributed by atoms with Crippen LogP contribution in [0.25, 0.3) is 11.0 Å². The van der Waals surface area contributed by atoms with Crippen LogP contribution in [0.5, 0.6) is 0 Å². The number of aromatic nitrogens is 4. The molecule has 1 amide bonds. The number of nitrogens with zero attached hydrogens (tertiary/aromatic N) is 5. The molecule has 32 heavy (non-hydrogen) atoms. The molecule has 4 rings (SSSR count). The summed E-state index contributed by atoms with van der Waals surface area (Å²) in [7, 11) is 0.785. The number of sulfonamides is 1. The molecule has 4 heterocycles. The molecular formula is C20H24N6O5S. The summed E-state index contributed by atoms with van der Waals surface area (Å²) in [5.41, 5.74) is -0.433. The van der Waals surface area contributed by atoms with Crippen molar-refractivity contribution < 1.29 is 13.2 Å². The van der Waals surface area contributed by atoms with E-state index in [2.05, 4.69) is 10.3 Å². The van der Waals surface area contributed by atoms with E-state index in [1.807, 2.05) is 0 Å². The molecule has 0 radical (unpaired) electrons. The van der Waals surface area contributed by atoms with Gasteiger partial charge in [0.1, 0.15) is 16.2 Å². The maximum absolute atomic E-state index is 12.9. The molecule has 1 N–H and O–H groups in total. The van der Waals surface area contributed by atoms with E-state index in [9.17, 15) is 22.8 Å². The maximum Gasteiger partial charge on any atom is 0.332 e. The molecule has 1 aliphatic heterocycles. The molecule has 0 atom stereocenters. The molecule has 1 saturated heterocycles. The summed E-state index contributed by atoms with van der Waals surface area (Å²) in [5, 5.41) is 2.82. The van der Waals surface area contributed by atoms with Gasteiger partial charge in [-0.15, -0.1) is 0 Å². The van der Waals surface area contributed by atoms with E-state index in [4.69, 9.17) is 0 Å². The van der Waals surface area contributed by atoms with Crippen molar-refractivity contribution in [2.24, 2.45) is 21.1 Å². The minimum Gasteiger partial charge on any atom is -0.345 e. The van der Waals surface area contributed by atoms with Crippen molar-refractivity contribution >= 4 is 32.7 Å². The van der Waals surface area contributed by atoms with Gasteiger partial charge >= 0.3 is 5.69 Å². The molecule has 0 saturated carbocycles. The number of piperidine rings is 1. The van der Waals surface area contributed by atoms with Crippen molar-refractivity contribution in [1.82, 2.24) is 23.0 Å². The number of amides is 1. The fourth-order valence-electron chi connectivity index (χ4n) is 3.88. The van der Waals surface area contributed by atoms with Crippen LogP contribution in [0.2, 0.25) is 0 Å². The SMILES string of the molecule is Cn1cc(S(=O)(=O)N2CCCCC2)cc1C(=O)Nc1cnc2c(c1)c(=O)n(C)c(=O)n2C. The lowest BCUT2D eigenvalue weighted by atomic mass is 10.2. The second kappa shape index (κ2) is 8.02. The van der Waals surface area contributed by atoms with Crippen molar-refractivity contribution in [3.05, 3.63) is 51.1 Å². The molecule has 11 nitrogen and oxygen atoms in total. The topological polar surface area (TPSA) is 128 Å². The Labute approximate surface area is 184 Å². The number of pyridine rings is 1. The first-order valence-corrected chi connectivity index (χ1v) is 11.6. The van der Waals surface area contributed by atoms with Gasteiger partial charge in [-0.3, -0.25) is 18.7 Å². The Bertz CT molecular complexity index is 1440. The van der Waals surface area contributed by atoms with Crippen LogP contribution < -0.4 is 16.6 Å². The number of hydrogen-bond donors (Lipinski definition) is 1. The normalized spacial score (nSPS) is 15.2. The average molecular weight is 461 g/mol. The van der Waals surface area contributed by atoms with Crippen LogP contribution in [0.15, 0.2) is 39.0 Å². The van der Waals surface area contributed by atoms with Gasteiger partial charge in [-0.05, 0) is 25.0 Å². The Kier molecular flexibility index (Phi) is 5.51. The van der Waals surface area contributed by atoms with Crippen LogP contribution in [0, 0.1) is 0 Å². The van der Waals surface area contributed by atoms with Crippen LogP contribution in [-0.4, -0.2) is 50.4 Å². The third kappa shape index (κ3) is 3.65. The second-order valence-corrected chi connectivity index (χ2v) is 9.83. The van der Waals surface area contributed by atoms with Crippen LogP contribution in [0.3, 0.4) is 0 Å². The lowest BCUT2D eigenvalue weighted by molar-refractivity contribution is 0.101. The lowest BCUT2D eigenvalue weighted by Gasteiger charge is -2.25. The van der Waals surface area contributed by atoms with Gasteiger partial charge in [0, 0.05) is 40.4 Å². The van der Waals surface area contributed by atoms with Gasteiger partial charge in [-0.25, -0.2) is 18.2 Å². The summed E-state index contributed by atoms with van der Waals surface area (Å²) in [5.74, 6) is -0.546. The quantitative estimate of drug-likeness (QED) is 0.600. The Hall–Kier alpha value is -3.25. The summed E-state index contributed by atoms with van der Waals surface area (Å²) in [4.78, 5) is 41.6. The highest BCUT2D eigenvalue weighted by Gasteiger charge is 2.28. The standard InChI is InChI=1S/C20H24N6O5S/c1-23-12-14(32(30,31)26-7-5-4-6-8-26)10-16(23)18(27)22-13-9-15-17(21-11-13)24(2)20(29)25(3)19(15)28/h9-12H,4-8H2,1-3H3,(H,22,27). The van der Waals surface area contributed by atoms with E-state index in [1.54, 1.807) is 7.05 Å². The third-order valence-electron chi connectivity index (χ3n) is 5.72. The Morgan fingerprint density at radius 1 is 1.03 bits per heavy atom. The lowest BCUT2D eigenvalue weighted by Crippen LogP contribution is -2.37. The molecule has 1 aliphatic rings. The highest BCUT2D eigenvalue weighted by molar-refractivity contribution is 7.89. The maximum atomic E-state index is 12.9. The highest BCUT2D eigenvalue weighted by Crippen LogP contribution is 2.23. The van der Waals surface area contributed by atoms with E-state index in [0.717, 1.165) is 23.8 Å². The molecule has 170 valence electrons. The zero-order chi connectivity index (χ0) is 23.2. The number of fused-ring (bicyclic) bond motifs is 1. The average Bonchev–Trinajstić information content (AvgIpc) is 3.19. The fraction of sp³-hybridized carbons (Fsp3) is 0.400. The molecule has 0 bridgehead atoms. The fourth-order valence-corrected chi connectivity index (χ4v) is 5.47. The summed E-state index contributed by atoms with van der Waals surface area (Å²) < 4.78 is 30.9. The van der Waals surface area contributed by atoms with Gasteiger partial charge in [-0.2, -0.15) is 4.31 Å².